The Balaban J connectivity index is 2.55. The zero-order valence-corrected chi connectivity index (χ0v) is 8.17. The Morgan fingerprint density at radius 2 is 2.08 bits per heavy atom. The molecule has 0 radical (unpaired) electrons. The van der Waals surface area contributed by atoms with E-state index in [-0.39, 0.29) is 5.54 Å². The highest BCUT2D eigenvalue weighted by molar-refractivity contribution is 5.58. The Kier molecular flexibility index (Phi) is 1.97. The van der Waals surface area contributed by atoms with E-state index in [0.29, 0.717) is 0 Å². The first-order valence-electron chi connectivity index (χ1n) is 4.71. The first-order valence-corrected chi connectivity index (χ1v) is 4.71. The second-order valence-electron chi connectivity index (χ2n) is 3.78. The van der Waals surface area contributed by atoms with Crippen molar-refractivity contribution in [2.45, 2.75) is 18.9 Å². The molecule has 0 heterocycles. The zero-order valence-electron chi connectivity index (χ0n) is 8.17. The van der Waals surface area contributed by atoms with Gasteiger partial charge in [-0.15, -0.1) is 0 Å². The van der Waals surface area contributed by atoms with Crippen molar-refractivity contribution in [2.24, 2.45) is 0 Å². The van der Waals surface area contributed by atoms with Gasteiger partial charge in [-0.25, -0.2) is 0 Å². The molecule has 0 saturated carbocycles. The molecule has 1 aliphatic carbocycles. The van der Waals surface area contributed by atoms with Crippen LogP contribution in [0.3, 0.4) is 0 Å². The van der Waals surface area contributed by atoms with Crippen molar-refractivity contribution in [1.82, 2.24) is 5.32 Å². The maximum absolute atomic E-state index is 3.39. The van der Waals surface area contributed by atoms with Crippen LogP contribution in [-0.2, 0) is 5.54 Å². The lowest BCUT2D eigenvalue weighted by atomic mass is 9.82. The Morgan fingerprint density at radius 1 is 1.31 bits per heavy atom. The van der Waals surface area contributed by atoms with Gasteiger partial charge in [-0.05, 0) is 31.5 Å². The summed E-state index contributed by atoms with van der Waals surface area (Å²) in [4.78, 5) is 0. The number of hydrogen-bond donors (Lipinski definition) is 1. The molecule has 1 aromatic rings. The molecule has 0 bridgehead atoms. The highest BCUT2D eigenvalue weighted by Gasteiger charge is 2.26. The first kappa shape index (κ1) is 8.52. The monoisotopic (exact) mass is 173 g/mol. The van der Waals surface area contributed by atoms with Gasteiger partial charge >= 0.3 is 0 Å². The second-order valence-corrected chi connectivity index (χ2v) is 3.78. The minimum atomic E-state index is 0.116. The topological polar surface area (TPSA) is 12.0 Å². The minimum Gasteiger partial charge on any atom is -0.310 e. The maximum atomic E-state index is 3.39. The van der Waals surface area contributed by atoms with E-state index < -0.39 is 0 Å². The van der Waals surface area contributed by atoms with E-state index in [1.165, 1.54) is 11.1 Å². The standard InChI is InChI=1S/C12H15N/c1-12(13-2)9-5-7-10-6-3-4-8-11(10)12/h3-8,13H,9H2,1-2H3. The number of benzene rings is 1. The summed E-state index contributed by atoms with van der Waals surface area (Å²) in [7, 11) is 2.02. The lowest BCUT2D eigenvalue weighted by Crippen LogP contribution is -2.37. The molecule has 0 fully saturated rings. The number of nitrogens with one attached hydrogen (secondary N) is 1. The van der Waals surface area contributed by atoms with Gasteiger partial charge in [0.15, 0.2) is 0 Å². The van der Waals surface area contributed by atoms with Crippen LogP contribution in [0.15, 0.2) is 30.3 Å². The Morgan fingerprint density at radius 3 is 2.85 bits per heavy atom. The molecule has 2 rings (SSSR count). The van der Waals surface area contributed by atoms with Gasteiger partial charge in [-0.1, -0.05) is 36.4 Å². The van der Waals surface area contributed by atoms with Gasteiger partial charge in [0.05, 0.1) is 0 Å². The van der Waals surface area contributed by atoms with Crippen molar-refractivity contribution in [2.75, 3.05) is 7.05 Å². The fraction of sp³-hybridized carbons (Fsp3) is 0.333. The average Bonchev–Trinajstić information content (AvgIpc) is 2.19. The molecule has 13 heavy (non-hydrogen) atoms. The van der Waals surface area contributed by atoms with Crippen LogP contribution in [-0.4, -0.2) is 7.05 Å². The van der Waals surface area contributed by atoms with Crippen molar-refractivity contribution in [3.8, 4) is 0 Å². The summed E-state index contributed by atoms with van der Waals surface area (Å²) in [6, 6.07) is 8.56. The Bertz CT molecular complexity index is 341. The summed E-state index contributed by atoms with van der Waals surface area (Å²) in [5, 5.41) is 3.39. The molecule has 0 aliphatic heterocycles. The third-order valence-electron chi connectivity index (χ3n) is 2.93. The van der Waals surface area contributed by atoms with Crippen LogP contribution >= 0.6 is 0 Å². The summed E-state index contributed by atoms with van der Waals surface area (Å²) < 4.78 is 0. The highest BCUT2D eigenvalue weighted by atomic mass is 14.9. The molecular weight excluding hydrogens is 158 g/mol. The summed E-state index contributed by atoms with van der Waals surface area (Å²) in [5.41, 5.74) is 2.86. The van der Waals surface area contributed by atoms with E-state index >= 15 is 0 Å². The van der Waals surface area contributed by atoms with Crippen molar-refractivity contribution >= 4 is 6.08 Å². The molecule has 0 amide bonds. The van der Waals surface area contributed by atoms with Crippen molar-refractivity contribution in [3.63, 3.8) is 0 Å². The molecule has 1 atom stereocenters. The van der Waals surface area contributed by atoms with Gasteiger partial charge in [0.1, 0.15) is 0 Å². The normalized spacial score (nSPS) is 25.7. The van der Waals surface area contributed by atoms with E-state index in [4.69, 9.17) is 0 Å². The minimum absolute atomic E-state index is 0.116. The van der Waals surface area contributed by atoms with E-state index in [9.17, 15) is 0 Å². The maximum Gasteiger partial charge on any atom is 0.0444 e. The fourth-order valence-corrected chi connectivity index (χ4v) is 1.91. The molecular formula is C12H15N. The lowest BCUT2D eigenvalue weighted by Gasteiger charge is -2.32. The fourth-order valence-electron chi connectivity index (χ4n) is 1.91. The SMILES string of the molecule is CNC1(C)CC=Cc2ccccc21. The molecule has 68 valence electrons. The summed E-state index contributed by atoms with van der Waals surface area (Å²) in [6.45, 7) is 2.25. The Hall–Kier alpha value is -1.08. The van der Waals surface area contributed by atoms with Crippen LogP contribution in [0.4, 0.5) is 0 Å². The largest absolute Gasteiger partial charge is 0.310 e. The molecule has 1 heteroatoms. The first-order chi connectivity index (χ1) is 6.26. The second kappa shape index (κ2) is 3.00. The zero-order chi connectivity index (χ0) is 9.31. The van der Waals surface area contributed by atoms with Crippen LogP contribution < -0.4 is 5.32 Å². The molecule has 1 nitrogen and oxygen atoms in total. The van der Waals surface area contributed by atoms with Crippen LogP contribution in [0.25, 0.3) is 6.08 Å². The lowest BCUT2D eigenvalue weighted by molar-refractivity contribution is 0.401. The molecule has 0 aromatic heterocycles. The molecule has 0 spiro atoms. The van der Waals surface area contributed by atoms with E-state index in [0.717, 1.165) is 6.42 Å². The van der Waals surface area contributed by atoms with Crippen LogP contribution in [0, 0.1) is 0 Å². The molecule has 1 N–H and O–H groups in total. The predicted molar refractivity (Wildman–Crippen MR) is 56.5 cm³/mol. The highest BCUT2D eigenvalue weighted by Crippen LogP contribution is 2.32. The number of rotatable bonds is 1. The third kappa shape index (κ3) is 1.29. The van der Waals surface area contributed by atoms with Crippen molar-refractivity contribution < 1.29 is 0 Å². The van der Waals surface area contributed by atoms with Gasteiger partial charge in [-0.3, -0.25) is 0 Å². The molecule has 1 aromatic carbocycles. The van der Waals surface area contributed by atoms with Gasteiger partial charge in [0.2, 0.25) is 0 Å². The number of hydrogen-bond acceptors (Lipinski definition) is 1. The average molecular weight is 173 g/mol. The van der Waals surface area contributed by atoms with Crippen molar-refractivity contribution in [3.05, 3.63) is 41.5 Å². The summed E-state index contributed by atoms with van der Waals surface area (Å²) >= 11 is 0. The molecule has 1 aliphatic rings. The van der Waals surface area contributed by atoms with E-state index in [2.05, 4.69) is 48.7 Å². The van der Waals surface area contributed by atoms with Crippen LogP contribution in [0.5, 0.6) is 0 Å². The quantitative estimate of drug-likeness (QED) is 0.688. The smallest absolute Gasteiger partial charge is 0.0444 e. The summed E-state index contributed by atoms with van der Waals surface area (Å²) in [5.74, 6) is 0. The van der Waals surface area contributed by atoms with Gasteiger partial charge in [0, 0.05) is 5.54 Å². The van der Waals surface area contributed by atoms with Gasteiger partial charge < -0.3 is 5.32 Å². The molecule has 0 saturated heterocycles. The van der Waals surface area contributed by atoms with Crippen LogP contribution in [0.2, 0.25) is 0 Å². The van der Waals surface area contributed by atoms with E-state index in [1.807, 2.05) is 7.05 Å². The summed E-state index contributed by atoms with van der Waals surface area (Å²) in [6.07, 6.45) is 5.51. The predicted octanol–water partition coefficient (Wildman–Crippen LogP) is 2.54. The van der Waals surface area contributed by atoms with Gasteiger partial charge in [-0.2, -0.15) is 0 Å². The Labute approximate surface area is 79.5 Å². The van der Waals surface area contributed by atoms with Crippen LogP contribution in [0.1, 0.15) is 24.5 Å². The third-order valence-corrected chi connectivity index (χ3v) is 2.93. The number of fused-ring (bicyclic) bond motifs is 1. The van der Waals surface area contributed by atoms with Crippen molar-refractivity contribution in [1.29, 1.82) is 0 Å². The molecule has 1 unspecified atom stereocenters. The van der Waals surface area contributed by atoms with E-state index in [1.54, 1.807) is 0 Å². The van der Waals surface area contributed by atoms with Gasteiger partial charge in [0.25, 0.3) is 0 Å².